The molecule has 2 aromatic heterocycles. The van der Waals surface area contributed by atoms with Gasteiger partial charge in [0.2, 0.25) is 11.1 Å². The lowest BCUT2D eigenvalue weighted by Crippen LogP contribution is -2.17. The fraction of sp³-hybridized carbons (Fsp3) is 0.158. The van der Waals surface area contributed by atoms with Crippen LogP contribution in [0.2, 0.25) is 0 Å². The number of aromatic nitrogens is 4. The Kier molecular flexibility index (Phi) is 6.75. The second-order valence-electron chi connectivity index (χ2n) is 6.19. The summed E-state index contributed by atoms with van der Waals surface area (Å²) in [6.45, 7) is 3.32. The third-order valence-electron chi connectivity index (χ3n) is 3.99. The molecule has 0 aliphatic heterocycles. The number of anilines is 2. The van der Waals surface area contributed by atoms with Crippen LogP contribution in [0.25, 0.3) is 0 Å². The Bertz CT molecular complexity index is 1060. The van der Waals surface area contributed by atoms with Crippen molar-refractivity contribution in [2.75, 3.05) is 22.3 Å². The monoisotopic (exact) mass is 424 g/mol. The normalized spacial score (nSPS) is 11.2. The second kappa shape index (κ2) is 9.65. The van der Waals surface area contributed by atoms with Gasteiger partial charge >= 0.3 is 0 Å². The number of nitrogens with two attached hydrogens (primary N) is 1. The van der Waals surface area contributed by atoms with Crippen LogP contribution in [0.4, 0.5) is 11.6 Å². The van der Waals surface area contributed by atoms with Crippen molar-refractivity contribution in [1.29, 1.82) is 0 Å². The van der Waals surface area contributed by atoms with Crippen LogP contribution in [0, 0.1) is 0 Å². The van der Waals surface area contributed by atoms with Crippen LogP contribution < -0.4 is 16.6 Å². The molecule has 0 unspecified atom stereocenters. The van der Waals surface area contributed by atoms with E-state index in [1.807, 2.05) is 19.1 Å². The molecular formula is C19H20N8O2S. The van der Waals surface area contributed by atoms with Gasteiger partial charge in [-0.05, 0) is 50.2 Å². The molecular weight excluding hydrogens is 404 g/mol. The lowest BCUT2D eigenvalue weighted by Gasteiger charge is -2.06. The highest BCUT2D eigenvalue weighted by atomic mass is 32.2. The number of benzene rings is 1. The van der Waals surface area contributed by atoms with Gasteiger partial charge in [-0.1, -0.05) is 11.8 Å². The Morgan fingerprint density at radius 1 is 1.07 bits per heavy atom. The number of nitrogens with zero attached hydrogens (tertiary/aromatic N) is 5. The van der Waals surface area contributed by atoms with E-state index in [0.717, 1.165) is 23.0 Å². The summed E-state index contributed by atoms with van der Waals surface area (Å²) in [7, 11) is 0. The van der Waals surface area contributed by atoms with Crippen molar-refractivity contribution in [2.24, 2.45) is 5.10 Å². The maximum absolute atomic E-state index is 12.2. The number of pyridine rings is 1. The zero-order valence-corrected chi connectivity index (χ0v) is 17.2. The molecule has 0 aliphatic carbocycles. The third kappa shape index (κ3) is 5.41. The van der Waals surface area contributed by atoms with Gasteiger partial charge in [-0.25, -0.2) is 10.1 Å². The van der Waals surface area contributed by atoms with Crippen molar-refractivity contribution in [2.45, 2.75) is 19.0 Å². The zero-order chi connectivity index (χ0) is 21.5. The van der Waals surface area contributed by atoms with Crippen molar-refractivity contribution < 1.29 is 9.59 Å². The number of nitrogens with one attached hydrogen (secondary N) is 2. The summed E-state index contributed by atoms with van der Waals surface area (Å²) in [6.07, 6.45) is 3.36. The number of carbonyl (C=O) groups excluding carboxylic acids is 2. The standard InChI is InChI=1S/C19H20N8O2S/c1-12(14-7-9-21-10-8-14)23-24-18-25-26-19(27(18)20)30-11-17(29)22-16-5-3-15(4-6-16)13(2)28/h3-10H,11,20H2,1-2H3,(H,22,29)(H,24,25)/b23-12+. The quantitative estimate of drug-likeness (QED) is 0.164. The number of rotatable bonds is 8. The van der Waals surface area contributed by atoms with Crippen LogP contribution in [-0.2, 0) is 4.79 Å². The number of hydrogen-bond donors (Lipinski definition) is 3. The molecule has 0 bridgehead atoms. The van der Waals surface area contributed by atoms with Crippen LogP contribution in [0.15, 0.2) is 59.0 Å². The maximum atomic E-state index is 12.2. The van der Waals surface area contributed by atoms with Gasteiger partial charge in [0.25, 0.3) is 5.95 Å². The van der Waals surface area contributed by atoms with E-state index in [2.05, 4.69) is 31.0 Å². The summed E-state index contributed by atoms with van der Waals surface area (Å²) in [5.74, 6) is 6.04. The predicted molar refractivity (Wildman–Crippen MR) is 116 cm³/mol. The minimum Gasteiger partial charge on any atom is -0.334 e. The van der Waals surface area contributed by atoms with E-state index in [1.165, 1.54) is 11.6 Å². The lowest BCUT2D eigenvalue weighted by molar-refractivity contribution is -0.113. The SMILES string of the molecule is CC(=O)c1ccc(NC(=O)CSc2nnc(N/N=C(\C)c3ccncc3)n2N)cc1. The number of hydrogen-bond acceptors (Lipinski definition) is 9. The summed E-state index contributed by atoms with van der Waals surface area (Å²) in [5, 5.41) is 15.3. The molecule has 4 N–H and O–H groups in total. The number of nitrogen functional groups attached to an aromatic ring is 1. The molecule has 0 fully saturated rings. The first-order chi connectivity index (χ1) is 14.4. The minimum absolute atomic E-state index is 0.0320. The van der Waals surface area contributed by atoms with Gasteiger partial charge in [0.05, 0.1) is 11.5 Å². The topological polar surface area (TPSA) is 140 Å². The third-order valence-corrected chi connectivity index (χ3v) is 4.94. The van der Waals surface area contributed by atoms with Gasteiger partial charge in [-0.2, -0.15) is 5.10 Å². The first-order valence-corrected chi connectivity index (χ1v) is 9.87. The lowest BCUT2D eigenvalue weighted by atomic mass is 10.1. The first kappa shape index (κ1) is 21.0. The molecule has 1 aromatic carbocycles. The molecule has 10 nitrogen and oxygen atoms in total. The largest absolute Gasteiger partial charge is 0.334 e. The molecule has 0 atom stereocenters. The van der Waals surface area contributed by atoms with Gasteiger partial charge in [0.1, 0.15) is 0 Å². The molecule has 3 aromatic rings. The number of ketones is 1. The number of hydrazone groups is 1. The first-order valence-electron chi connectivity index (χ1n) is 8.89. The maximum Gasteiger partial charge on any atom is 0.264 e. The molecule has 1 amide bonds. The van der Waals surface area contributed by atoms with E-state index in [0.29, 0.717) is 16.4 Å². The van der Waals surface area contributed by atoms with E-state index in [4.69, 9.17) is 5.84 Å². The van der Waals surface area contributed by atoms with Gasteiger partial charge in [-0.15, -0.1) is 10.2 Å². The molecule has 0 spiro atoms. The Labute approximate surface area is 177 Å². The molecule has 11 heteroatoms. The van der Waals surface area contributed by atoms with Crippen molar-refractivity contribution in [3.8, 4) is 0 Å². The molecule has 3 rings (SSSR count). The highest BCUT2D eigenvalue weighted by Crippen LogP contribution is 2.18. The average molecular weight is 424 g/mol. The van der Waals surface area contributed by atoms with Gasteiger partial charge in [-0.3, -0.25) is 14.6 Å². The summed E-state index contributed by atoms with van der Waals surface area (Å²) < 4.78 is 1.23. The number of amides is 1. The molecule has 2 heterocycles. The Morgan fingerprint density at radius 3 is 2.43 bits per heavy atom. The summed E-state index contributed by atoms with van der Waals surface area (Å²) in [4.78, 5) is 27.4. The van der Waals surface area contributed by atoms with Crippen molar-refractivity contribution in [3.63, 3.8) is 0 Å². The molecule has 0 radical (unpaired) electrons. The van der Waals surface area contributed by atoms with E-state index in [-0.39, 0.29) is 23.4 Å². The van der Waals surface area contributed by atoms with Crippen molar-refractivity contribution in [3.05, 3.63) is 59.9 Å². The molecule has 154 valence electrons. The number of carbonyl (C=O) groups is 2. The predicted octanol–water partition coefficient (Wildman–Crippen LogP) is 2.16. The van der Waals surface area contributed by atoms with E-state index in [9.17, 15) is 9.59 Å². The zero-order valence-electron chi connectivity index (χ0n) is 16.4. The van der Waals surface area contributed by atoms with Crippen LogP contribution in [-0.4, -0.2) is 43.0 Å². The number of thioether (sulfide) groups is 1. The van der Waals surface area contributed by atoms with Gasteiger partial charge in [0, 0.05) is 29.2 Å². The van der Waals surface area contributed by atoms with Crippen molar-refractivity contribution >= 4 is 40.8 Å². The van der Waals surface area contributed by atoms with Crippen LogP contribution >= 0.6 is 11.8 Å². The van der Waals surface area contributed by atoms with Crippen LogP contribution in [0.1, 0.15) is 29.8 Å². The molecule has 0 saturated heterocycles. The van der Waals surface area contributed by atoms with E-state index in [1.54, 1.807) is 36.7 Å². The summed E-state index contributed by atoms with van der Waals surface area (Å²) in [5.41, 5.74) is 5.58. The van der Waals surface area contributed by atoms with Crippen LogP contribution in [0.3, 0.4) is 0 Å². The highest BCUT2D eigenvalue weighted by molar-refractivity contribution is 7.99. The van der Waals surface area contributed by atoms with Crippen molar-refractivity contribution in [1.82, 2.24) is 19.9 Å². The Morgan fingerprint density at radius 2 is 1.77 bits per heavy atom. The van der Waals surface area contributed by atoms with Gasteiger partial charge < -0.3 is 11.2 Å². The Hall–Kier alpha value is -3.73. The Balaban J connectivity index is 1.54. The summed E-state index contributed by atoms with van der Waals surface area (Å²) in [6, 6.07) is 10.3. The van der Waals surface area contributed by atoms with E-state index < -0.39 is 0 Å². The molecule has 0 saturated carbocycles. The second-order valence-corrected chi connectivity index (χ2v) is 7.13. The minimum atomic E-state index is -0.236. The average Bonchev–Trinajstić information content (AvgIpc) is 3.11. The molecule has 0 aliphatic rings. The van der Waals surface area contributed by atoms with Gasteiger partial charge in [0.15, 0.2) is 5.78 Å². The van der Waals surface area contributed by atoms with Crippen LogP contribution in [0.5, 0.6) is 0 Å². The highest BCUT2D eigenvalue weighted by Gasteiger charge is 2.12. The smallest absolute Gasteiger partial charge is 0.264 e. The summed E-state index contributed by atoms with van der Waals surface area (Å²) >= 11 is 1.14. The fourth-order valence-electron chi connectivity index (χ4n) is 2.36. The van der Waals surface area contributed by atoms with E-state index >= 15 is 0 Å². The fourth-order valence-corrected chi connectivity index (χ4v) is 3.02. The number of Topliss-reactive ketones (excluding diaryl/α,β-unsaturated/α-hetero) is 1. The molecule has 30 heavy (non-hydrogen) atoms.